The molecule has 0 aromatic rings. The summed E-state index contributed by atoms with van der Waals surface area (Å²) in [5.74, 6) is -4.82. The molecule has 7 nitrogen and oxygen atoms in total. The molecule has 0 aliphatic heterocycles. The Balaban J connectivity index is 2.64. The van der Waals surface area contributed by atoms with E-state index in [-0.39, 0.29) is 6.42 Å². The van der Waals surface area contributed by atoms with Gasteiger partial charge < -0.3 is 15.3 Å². The van der Waals surface area contributed by atoms with Crippen LogP contribution in [0.2, 0.25) is 0 Å². The largest absolute Gasteiger partial charge is 0.481 e. The number of carboxylic acids is 3. The van der Waals surface area contributed by atoms with Gasteiger partial charge in [-0.1, -0.05) is 0 Å². The fraction of sp³-hybridized carbons (Fsp3) is 0.571. The predicted molar refractivity (Wildman–Crippen MR) is 41.7 cm³/mol. The first-order valence-corrected chi connectivity index (χ1v) is 3.83. The first-order valence-electron chi connectivity index (χ1n) is 3.83. The van der Waals surface area contributed by atoms with E-state index in [1.54, 1.807) is 0 Å². The lowest BCUT2D eigenvalue weighted by Crippen LogP contribution is -2.44. The van der Waals surface area contributed by atoms with Gasteiger partial charge in [-0.3, -0.25) is 19.7 Å². The number of rotatable bonds is 5. The minimum Gasteiger partial charge on any atom is -0.481 e. The lowest BCUT2D eigenvalue weighted by atomic mass is 10.2. The number of aliphatic carboxylic acids is 3. The molecule has 0 saturated heterocycles. The van der Waals surface area contributed by atoms with Gasteiger partial charge in [0, 0.05) is 0 Å². The average Bonchev–Trinajstić information content (AvgIpc) is 2.76. The normalized spacial score (nSPS) is 29.6. The standard InChI is InChI=1S/C7H9NO6/c9-4(10)2-8-7(6(13)14)1-3(7)5(11)12/h3,8H,1-2H2,(H,9,10)(H,11,12)(H,13,14). The van der Waals surface area contributed by atoms with Crippen LogP contribution < -0.4 is 5.32 Å². The van der Waals surface area contributed by atoms with E-state index >= 15 is 0 Å². The van der Waals surface area contributed by atoms with Gasteiger partial charge >= 0.3 is 17.9 Å². The zero-order valence-corrected chi connectivity index (χ0v) is 7.06. The Morgan fingerprint density at radius 2 is 1.86 bits per heavy atom. The topological polar surface area (TPSA) is 124 Å². The average molecular weight is 203 g/mol. The third kappa shape index (κ3) is 1.67. The lowest BCUT2D eigenvalue weighted by Gasteiger charge is -2.10. The van der Waals surface area contributed by atoms with Gasteiger partial charge in [-0.2, -0.15) is 0 Å². The number of carboxylic acid groups (broad SMARTS) is 3. The number of hydrogen-bond acceptors (Lipinski definition) is 4. The molecule has 0 aromatic carbocycles. The van der Waals surface area contributed by atoms with Crippen molar-refractivity contribution in [1.82, 2.24) is 5.32 Å². The highest BCUT2D eigenvalue weighted by Gasteiger charge is 2.64. The van der Waals surface area contributed by atoms with Crippen molar-refractivity contribution in [2.24, 2.45) is 5.92 Å². The lowest BCUT2D eigenvalue weighted by molar-refractivity contribution is -0.147. The summed E-state index contributed by atoms with van der Waals surface area (Å²) in [4.78, 5) is 31.3. The van der Waals surface area contributed by atoms with Gasteiger partial charge in [0.1, 0.15) is 5.54 Å². The molecule has 2 unspecified atom stereocenters. The van der Waals surface area contributed by atoms with Crippen molar-refractivity contribution in [3.63, 3.8) is 0 Å². The Morgan fingerprint density at radius 3 is 2.14 bits per heavy atom. The highest BCUT2D eigenvalue weighted by molar-refractivity contribution is 5.93. The molecule has 78 valence electrons. The van der Waals surface area contributed by atoms with E-state index in [2.05, 4.69) is 5.32 Å². The van der Waals surface area contributed by atoms with Crippen LogP contribution in [-0.4, -0.2) is 45.3 Å². The number of hydrogen-bond donors (Lipinski definition) is 4. The highest BCUT2D eigenvalue weighted by atomic mass is 16.4. The van der Waals surface area contributed by atoms with Crippen LogP contribution in [0.3, 0.4) is 0 Å². The van der Waals surface area contributed by atoms with Gasteiger partial charge in [-0.25, -0.2) is 0 Å². The van der Waals surface area contributed by atoms with Crippen LogP contribution in [-0.2, 0) is 14.4 Å². The van der Waals surface area contributed by atoms with Crippen LogP contribution in [0.5, 0.6) is 0 Å². The molecule has 7 heteroatoms. The Bertz CT molecular complexity index is 301. The summed E-state index contributed by atoms with van der Waals surface area (Å²) in [5.41, 5.74) is -1.59. The maximum atomic E-state index is 10.7. The molecule has 4 N–H and O–H groups in total. The Labute approximate surface area is 78.3 Å². The molecule has 1 saturated carbocycles. The maximum Gasteiger partial charge on any atom is 0.324 e. The van der Waals surface area contributed by atoms with E-state index in [1.807, 2.05) is 0 Å². The molecule has 0 heterocycles. The SMILES string of the molecule is O=C(O)CNC1(C(=O)O)CC1C(=O)O. The van der Waals surface area contributed by atoms with Crippen LogP contribution in [0.4, 0.5) is 0 Å². The molecule has 1 aliphatic carbocycles. The van der Waals surface area contributed by atoms with Crippen LogP contribution in [0, 0.1) is 5.92 Å². The second-order valence-electron chi connectivity index (χ2n) is 3.12. The van der Waals surface area contributed by atoms with Crippen molar-refractivity contribution in [2.45, 2.75) is 12.0 Å². The summed E-state index contributed by atoms with van der Waals surface area (Å²) in [6, 6.07) is 0. The van der Waals surface area contributed by atoms with Gasteiger partial charge in [0.25, 0.3) is 0 Å². The van der Waals surface area contributed by atoms with Crippen LogP contribution in [0.1, 0.15) is 6.42 Å². The predicted octanol–water partition coefficient (Wildman–Crippen LogP) is -1.41. The molecule has 2 atom stereocenters. The fourth-order valence-electron chi connectivity index (χ4n) is 1.30. The van der Waals surface area contributed by atoms with Crippen molar-refractivity contribution < 1.29 is 29.7 Å². The second-order valence-corrected chi connectivity index (χ2v) is 3.12. The summed E-state index contributed by atoms with van der Waals surface area (Å²) in [5, 5.41) is 27.8. The van der Waals surface area contributed by atoms with E-state index in [1.165, 1.54) is 0 Å². The molecule has 0 radical (unpaired) electrons. The van der Waals surface area contributed by atoms with Gasteiger partial charge in [-0.15, -0.1) is 0 Å². The minimum atomic E-state index is -1.59. The molecule has 1 fully saturated rings. The molecule has 0 aromatic heterocycles. The van der Waals surface area contributed by atoms with E-state index in [0.717, 1.165) is 0 Å². The summed E-state index contributed by atoms with van der Waals surface area (Å²) in [6.07, 6.45) is -0.0784. The molecule has 1 rings (SSSR count). The van der Waals surface area contributed by atoms with Gasteiger partial charge in [0.15, 0.2) is 0 Å². The van der Waals surface area contributed by atoms with Crippen molar-refractivity contribution in [3.8, 4) is 0 Å². The van der Waals surface area contributed by atoms with Gasteiger partial charge in [0.05, 0.1) is 12.5 Å². The molecule has 1 aliphatic rings. The summed E-state index contributed by atoms with van der Waals surface area (Å²) in [7, 11) is 0. The van der Waals surface area contributed by atoms with Crippen molar-refractivity contribution >= 4 is 17.9 Å². The zero-order valence-electron chi connectivity index (χ0n) is 7.06. The second kappa shape index (κ2) is 3.26. The van der Waals surface area contributed by atoms with E-state index in [9.17, 15) is 14.4 Å². The highest BCUT2D eigenvalue weighted by Crippen LogP contribution is 2.43. The van der Waals surface area contributed by atoms with Crippen molar-refractivity contribution in [1.29, 1.82) is 0 Å². The first kappa shape index (κ1) is 10.5. The van der Waals surface area contributed by atoms with Crippen LogP contribution in [0.25, 0.3) is 0 Å². The van der Waals surface area contributed by atoms with Gasteiger partial charge in [-0.05, 0) is 6.42 Å². The van der Waals surface area contributed by atoms with Crippen molar-refractivity contribution in [3.05, 3.63) is 0 Å². The summed E-state index contributed by atoms with van der Waals surface area (Å²) in [6.45, 7) is -0.559. The van der Waals surface area contributed by atoms with Crippen LogP contribution in [0.15, 0.2) is 0 Å². The van der Waals surface area contributed by atoms with Crippen LogP contribution >= 0.6 is 0 Å². The third-order valence-corrected chi connectivity index (χ3v) is 2.20. The minimum absolute atomic E-state index is 0.0784. The molecule has 0 spiro atoms. The summed E-state index contributed by atoms with van der Waals surface area (Å²) < 4.78 is 0. The van der Waals surface area contributed by atoms with E-state index in [0.29, 0.717) is 0 Å². The van der Waals surface area contributed by atoms with Crippen molar-refractivity contribution in [2.75, 3.05) is 6.54 Å². The monoisotopic (exact) mass is 203 g/mol. The number of carbonyl (C=O) groups is 3. The molecule has 0 amide bonds. The molecule has 14 heavy (non-hydrogen) atoms. The summed E-state index contributed by atoms with van der Waals surface area (Å²) >= 11 is 0. The quantitative estimate of drug-likeness (QED) is 0.432. The Morgan fingerprint density at radius 1 is 1.29 bits per heavy atom. The fourth-order valence-corrected chi connectivity index (χ4v) is 1.30. The Kier molecular flexibility index (Phi) is 2.43. The smallest absolute Gasteiger partial charge is 0.324 e. The zero-order chi connectivity index (χ0) is 10.9. The molecular weight excluding hydrogens is 194 g/mol. The Hall–Kier alpha value is -1.63. The first-order chi connectivity index (χ1) is 6.40. The van der Waals surface area contributed by atoms with Gasteiger partial charge in [0.2, 0.25) is 0 Å². The molecule has 0 bridgehead atoms. The van der Waals surface area contributed by atoms with E-state index < -0.39 is 35.9 Å². The maximum absolute atomic E-state index is 10.7. The third-order valence-electron chi connectivity index (χ3n) is 2.20. The van der Waals surface area contributed by atoms with E-state index in [4.69, 9.17) is 15.3 Å². The molecular formula is C7H9NO6. The number of nitrogens with one attached hydrogen (secondary N) is 1.